The van der Waals surface area contributed by atoms with Gasteiger partial charge in [0.15, 0.2) is 12.6 Å². The minimum atomic E-state index is -0.511. The molecule has 8 nitrogen and oxygen atoms in total. The number of carbonyl (C=O) groups is 2. The molecule has 8 heteroatoms. The number of aliphatic imine (C=N–C) groups is 1. The van der Waals surface area contributed by atoms with Crippen LogP contribution in [-0.4, -0.2) is 56.1 Å². The van der Waals surface area contributed by atoms with Crippen molar-refractivity contribution in [1.82, 2.24) is 10.2 Å². The lowest BCUT2D eigenvalue weighted by atomic mass is 9.97. The van der Waals surface area contributed by atoms with E-state index in [0.29, 0.717) is 12.3 Å². The zero-order valence-electron chi connectivity index (χ0n) is 15.9. The lowest BCUT2D eigenvalue weighted by Gasteiger charge is -2.33. The van der Waals surface area contributed by atoms with Gasteiger partial charge in [0.25, 0.3) is 5.91 Å². The van der Waals surface area contributed by atoms with E-state index < -0.39 is 5.91 Å². The molecule has 0 atom stereocenters. The Morgan fingerprint density at radius 2 is 2.07 bits per heavy atom. The first-order valence-corrected chi connectivity index (χ1v) is 9.14. The molecule has 1 aliphatic rings. The third-order valence-electron chi connectivity index (χ3n) is 4.35. The predicted molar refractivity (Wildman–Crippen MR) is 102 cm³/mol. The van der Waals surface area contributed by atoms with Crippen molar-refractivity contribution in [2.75, 3.05) is 33.4 Å². The van der Waals surface area contributed by atoms with Crippen LogP contribution in [0.15, 0.2) is 29.3 Å². The largest absolute Gasteiger partial charge is 0.484 e. The Kier molecular flexibility index (Phi) is 7.91. The molecule has 3 N–H and O–H groups in total. The predicted octanol–water partition coefficient (Wildman–Crippen LogP) is 0.901. The molecule has 1 aromatic rings. The first-order chi connectivity index (χ1) is 13.0. The number of hydrogen-bond acceptors (Lipinski definition) is 5. The lowest BCUT2D eigenvalue weighted by molar-refractivity contribution is -0.146. The van der Waals surface area contributed by atoms with Crippen LogP contribution < -0.4 is 15.8 Å². The summed E-state index contributed by atoms with van der Waals surface area (Å²) in [7, 11) is 1.43. The van der Waals surface area contributed by atoms with Crippen LogP contribution in [0.25, 0.3) is 0 Å². The molecule has 0 unspecified atom stereocenters. The second-order valence-corrected chi connectivity index (χ2v) is 6.36. The topological polar surface area (TPSA) is 106 Å². The third kappa shape index (κ3) is 6.47. The quantitative estimate of drug-likeness (QED) is 0.416. The van der Waals surface area contributed by atoms with Crippen molar-refractivity contribution in [3.8, 4) is 5.75 Å². The van der Waals surface area contributed by atoms with E-state index in [0.717, 1.165) is 44.0 Å². The molecule has 1 aliphatic heterocycles. The number of hydrogen-bond donors (Lipinski definition) is 2. The summed E-state index contributed by atoms with van der Waals surface area (Å²) in [6.07, 6.45) is 1.51. The molecule has 2 rings (SSSR count). The molecule has 1 fully saturated rings. The van der Waals surface area contributed by atoms with Crippen LogP contribution in [0.2, 0.25) is 0 Å². The van der Waals surface area contributed by atoms with E-state index in [1.807, 2.05) is 25.1 Å². The summed E-state index contributed by atoms with van der Waals surface area (Å²) in [5, 5.41) is 3.30. The molecule has 1 amide bonds. The van der Waals surface area contributed by atoms with Gasteiger partial charge in [-0.25, -0.2) is 4.99 Å². The summed E-state index contributed by atoms with van der Waals surface area (Å²) in [4.78, 5) is 29.4. The van der Waals surface area contributed by atoms with Crippen LogP contribution >= 0.6 is 0 Å². The first-order valence-electron chi connectivity index (χ1n) is 9.14. The van der Waals surface area contributed by atoms with Crippen LogP contribution in [0, 0.1) is 5.92 Å². The Balaban J connectivity index is 1.98. The maximum Gasteiger partial charge on any atom is 0.308 e. The average molecular weight is 376 g/mol. The van der Waals surface area contributed by atoms with Crippen LogP contribution in [0.3, 0.4) is 0 Å². The van der Waals surface area contributed by atoms with Crippen LogP contribution in [-0.2, 0) is 20.9 Å². The van der Waals surface area contributed by atoms with E-state index in [9.17, 15) is 9.59 Å². The van der Waals surface area contributed by atoms with Gasteiger partial charge in [0.1, 0.15) is 5.75 Å². The highest BCUT2D eigenvalue weighted by atomic mass is 16.5. The summed E-state index contributed by atoms with van der Waals surface area (Å²) in [5.74, 6) is 0.732. The summed E-state index contributed by atoms with van der Waals surface area (Å²) in [5.41, 5.74) is 6.07. The second kappa shape index (κ2) is 10.4. The standard InChI is InChI=1S/C19H28N4O4/c1-3-21-19(23-9-7-15(8-10-23)18(25)26-2)22-12-14-5-4-6-16(11-14)27-13-17(20)24/h4-6,11,15H,3,7-10,12-13H2,1-2H3,(H2,20,24)(H,21,22). The number of esters is 1. The highest BCUT2D eigenvalue weighted by molar-refractivity contribution is 5.80. The van der Waals surface area contributed by atoms with Crippen LogP contribution in [0.4, 0.5) is 0 Å². The van der Waals surface area contributed by atoms with E-state index in [1.165, 1.54) is 7.11 Å². The number of nitrogens with two attached hydrogens (primary N) is 1. The van der Waals surface area contributed by atoms with Crippen LogP contribution in [0.5, 0.6) is 5.75 Å². The molecule has 1 heterocycles. The van der Waals surface area contributed by atoms with Crippen molar-refractivity contribution in [3.63, 3.8) is 0 Å². The summed E-state index contributed by atoms with van der Waals surface area (Å²) < 4.78 is 10.2. The number of carbonyl (C=O) groups excluding carboxylic acids is 2. The molecular formula is C19H28N4O4. The van der Waals surface area contributed by atoms with Gasteiger partial charge >= 0.3 is 5.97 Å². The fourth-order valence-electron chi connectivity index (χ4n) is 2.97. The number of nitrogens with one attached hydrogen (secondary N) is 1. The molecule has 0 radical (unpaired) electrons. The van der Waals surface area contributed by atoms with E-state index in [-0.39, 0.29) is 18.5 Å². The van der Waals surface area contributed by atoms with E-state index >= 15 is 0 Å². The normalized spacial score (nSPS) is 15.3. The van der Waals surface area contributed by atoms with Gasteiger partial charge in [0, 0.05) is 19.6 Å². The van der Waals surface area contributed by atoms with Crippen molar-refractivity contribution in [1.29, 1.82) is 0 Å². The fourth-order valence-corrected chi connectivity index (χ4v) is 2.97. The lowest BCUT2D eigenvalue weighted by Crippen LogP contribution is -2.46. The molecule has 1 saturated heterocycles. The van der Waals surface area contributed by atoms with Crippen LogP contribution in [0.1, 0.15) is 25.3 Å². The zero-order chi connectivity index (χ0) is 19.6. The Morgan fingerprint density at radius 3 is 2.70 bits per heavy atom. The Bertz CT molecular complexity index is 669. The van der Waals surface area contributed by atoms with Crippen molar-refractivity contribution < 1.29 is 19.1 Å². The van der Waals surface area contributed by atoms with Crippen molar-refractivity contribution in [2.45, 2.75) is 26.3 Å². The number of benzene rings is 1. The van der Waals surface area contributed by atoms with Gasteiger partial charge in [-0.1, -0.05) is 12.1 Å². The van der Waals surface area contributed by atoms with Gasteiger partial charge in [-0.3, -0.25) is 9.59 Å². The van der Waals surface area contributed by atoms with Gasteiger partial charge in [-0.2, -0.15) is 0 Å². The molecule has 148 valence electrons. The monoisotopic (exact) mass is 376 g/mol. The molecule has 0 saturated carbocycles. The van der Waals surface area contributed by atoms with Gasteiger partial charge in [0.2, 0.25) is 0 Å². The summed E-state index contributed by atoms with van der Waals surface area (Å²) >= 11 is 0. The summed E-state index contributed by atoms with van der Waals surface area (Å²) in [6.45, 7) is 4.63. The highest BCUT2D eigenvalue weighted by Gasteiger charge is 2.26. The Hall–Kier alpha value is -2.77. The number of methoxy groups -OCH3 is 1. The molecule has 0 aliphatic carbocycles. The number of nitrogens with zero attached hydrogens (tertiary/aromatic N) is 2. The van der Waals surface area contributed by atoms with E-state index in [2.05, 4.69) is 10.2 Å². The zero-order valence-corrected chi connectivity index (χ0v) is 15.9. The maximum absolute atomic E-state index is 11.7. The number of likely N-dealkylation sites (tertiary alicyclic amines) is 1. The summed E-state index contributed by atoms with van der Waals surface area (Å²) in [6, 6.07) is 7.43. The van der Waals surface area contributed by atoms with Gasteiger partial charge in [-0.15, -0.1) is 0 Å². The smallest absolute Gasteiger partial charge is 0.308 e. The number of rotatable bonds is 7. The maximum atomic E-state index is 11.7. The molecule has 0 bridgehead atoms. The van der Waals surface area contributed by atoms with E-state index in [4.69, 9.17) is 20.2 Å². The molecular weight excluding hydrogens is 348 g/mol. The molecule has 1 aromatic carbocycles. The molecule has 0 aromatic heterocycles. The van der Waals surface area contributed by atoms with Gasteiger partial charge in [0.05, 0.1) is 19.6 Å². The Morgan fingerprint density at radius 1 is 1.33 bits per heavy atom. The molecule has 0 spiro atoms. The Labute approximate surface area is 159 Å². The fraction of sp³-hybridized carbons (Fsp3) is 0.526. The first kappa shape index (κ1) is 20.5. The van der Waals surface area contributed by atoms with E-state index in [1.54, 1.807) is 6.07 Å². The minimum absolute atomic E-state index is 0.0341. The molecule has 27 heavy (non-hydrogen) atoms. The highest BCUT2D eigenvalue weighted by Crippen LogP contribution is 2.19. The number of piperidine rings is 1. The van der Waals surface area contributed by atoms with Gasteiger partial charge in [-0.05, 0) is 37.5 Å². The number of amides is 1. The third-order valence-corrected chi connectivity index (χ3v) is 4.35. The number of ether oxygens (including phenoxy) is 2. The van der Waals surface area contributed by atoms with Crippen molar-refractivity contribution in [3.05, 3.63) is 29.8 Å². The van der Waals surface area contributed by atoms with Crippen molar-refractivity contribution in [2.24, 2.45) is 16.6 Å². The average Bonchev–Trinajstić information content (AvgIpc) is 2.69. The number of guanidine groups is 1. The van der Waals surface area contributed by atoms with Crippen molar-refractivity contribution >= 4 is 17.8 Å². The minimum Gasteiger partial charge on any atom is -0.484 e. The van der Waals surface area contributed by atoms with Gasteiger partial charge < -0.3 is 25.4 Å². The SMILES string of the molecule is CCNC(=NCc1cccc(OCC(N)=O)c1)N1CCC(C(=O)OC)CC1. The second-order valence-electron chi connectivity index (χ2n) is 6.36. The number of primary amides is 1.